The molecule has 1 N–H and O–H groups in total. The average molecular weight is 117 g/mol. The van der Waals surface area contributed by atoms with Crippen molar-refractivity contribution in [2.45, 2.75) is 6.92 Å². The molecule has 40 valence electrons. The lowest BCUT2D eigenvalue weighted by atomic mass is 10.6. The first-order valence-electron chi connectivity index (χ1n) is 1.79. The normalized spacial score (nSPS) is 13.1. The molecule has 0 amide bonds. The molecule has 0 atom stereocenters. The monoisotopic (exact) mass is 117 g/mol. The topological polar surface area (TPSA) is 32.6 Å². The number of aliphatic imine (C=N–C) groups is 1. The van der Waals surface area contributed by atoms with E-state index in [1.54, 1.807) is 6.92 Å². The Morgan fingerprint density at radius 1 is 1.86 bits per heavy atom. The predicted molar refractivity (Wildman–Crippen MR) is 33.9 cm³/mol. The van der Waals surface area contributed by atoms with Crippen LogP contribution in [0.2, 0.25) is 0 Å². The zero-order valence-electron chi connectivity index (χ0n) is 4.00. The predicted octanol–water partition coefficient (Wildman–Crippen LogP) is 1.36. The minimum atomic E-state index is 0.185. The van der Waals surface area contributed by atoms with Crippen LogP contribution in [0.1, 0.15) is 6.92 Å². The van der Waals surface area contributed by atoms with E-state index >= 15 is 0 Å². The SMILES string of the molecule is C/C(O)=C\N=C/S. The van der Waals surface area contributed by atoms with Crippen LogP contribution in [-0.2, 0) is 0 Å². The van der Waals surface area contributed by atoms with Gasteiger partial charge in [-0.25, -0.2) is 0 Å². The molecule has 0 aromatic carbocycles. The molecule has 0 saturated heterocycles. The number of nitrogens with zero attached hydrogens (tertiary/aromatic N) is 1. The van der Waals surface area contributed by atoms with Crippen LogP contribution in [0.3, 0.4) is 0 Å². The standard InChI is InChI=1S/C4H7NOS/c1-4(6)2-5-3-7/h2-3,6H,1H3,(H,5,7)/b4-2+. The summed E-state index contributed by atoms with van der Waals surface area (Å²) in [4.78, 5) is 3.50. The largest absolute Gasteiger partial charge is 0.511 e. The number of hydrogen-bond donors (Lipinski definition) is 2. The van der Waals surface area contributed by atoms with Crippen LogP contribution in [0.4, 0.5) is 0 Å². The summed E-state index contributed by atoms with van der Waals surface area (Å²) in [7, 11) is 0. The smallest absolute Gasteiger partial charge is 0.107 e. The highest BCUT2D eigenvalue weighted by Gasteiger charge is 1.69. The minimum Gasteiger partial charge on any atom is -0.511 e. The molecule has 3 heteroatoms. The van der Waals surface area contributed by atoms with Crippen molar-refractivity contribution in [2.24, 2.45) is 4.99 Å². The van der Waals surface area contributed by atoms with Crippen molar-refractivity contribution in [3.63, 3.8) is 0 Å². The maximum absolute atomic E-state index is 8.40. The van der Waals surface area contributed by atoms with Gasteiger partial charge in [0.25, 0.3) is 0 Å². The van der Waals surface area contributed by atoms with Gasteiger partial charge in [0.2, 0.25) is 0 Å². The maximum Gasteiger partial charge on any atom is 0.107 e. The second-order valence-corrected chi connectivity index (χ2v) is 1.27. The van der Waals surface area contributed by atoms with Gasteiger partial charge in [-0.3, -0.25) is 4.99 Å². The van der Waals surface area contributed by atoms with Gasteiger partial charge in [-0.2, -0.15) is 0 Å². The molecule has 0 rings (SSSR count). The highest BCUT2D eigenvalue weighted by atomic mass is 32.1. The molecule has 0 heterocycles. The van der Waals surface area contributed by atoms with Crippen LogP contribution in [0.25, 0.3) is 0 Å². The third-order valence-corrected chi connectivity index (χ3v) is 0.461. The summed E-state index contributed by atoms with van der Waals surface area (Å²) in [5, 5.41) is 8.40. The van der Waals surface area contributed by atoms with Crippen LogP contribution in [0, 0.1) is 0 Å². The fourth-order valence-electron chi connectivity index (χ4n) is 0.141. The first-order valence-corrected chi connectivity index (χ1v) is 2.30. The number of thiol groups is 1. The van der Waals surface area contributed by atoms with Gasteiger partial charge < -0.3 is 5.11 Å². The summed E-state index contributed by atoms with van der Waals surface area (Å²) in [6.45, 7) is 1.54. The van der Waals surface area contributed by atoms with Gasteiger partial charge in [-0.1, -0.05) is 0 Å². The number of rotatable bonds is 1. The van der Waals surface area contributed by atoms with Crippen LogP contribution in [-0.4, -0.2) is 10.7 Å². The van der Waals surface area contributed by atoms with Gasteiger partial charge in [-0.15, -0.1) is 12.6 Å². The molecular weight excluding hydrogens is 110 g/mol. The van der Waals surface area contributed by atoms with Gasteiger partial charge >= 0.3 is 0 Å². The van der Waals surface area contributed by atoms with Crippen molar-refractivity contribution in [3.8, 4) is 0 Å². The van der Waals surface area contributed by atoms with E-state index in [9.17, 15) is 0 Å². The zero-order valence-corrected chi connectivity index (χ0v) is 4.89. The molecule has 0 unspecified atom stereocenters. The highest BCUT2D eigenvalue weighted by Crippen LogP contribution is 1.82. The van der Waals surface area contributed by atoms with Gasteiger partial charge in [0.1, 0.15) is 5.76 Å². The molecule has 0 aliphatic carbocycles. The number of aliphatic hydroxyl groups is 1. The Kier molecular flexibility index (Phi) is 3.50. The Labute approximate surface area is 48.0 Å². The molecule has 0 spiro atoms. The number of allylic oxidation sites excluding steroid dienone is 1. The number of hydrogen-bond acceptors (Lipinski definition) is 2. The third-order valence-electron chi connectivity index (χ3n) is 0.328. The van der Waals surface area contributed by atoms with Crippen molar-refractivity contribution in [3.05, 3.63) is 12.0 Å². The molecule has 0 bridgehead atoms. The summed E-state index contributed by atoms with van der Waals surface area (Å²) in [6, 6.07) is 0. The van der Waals surface area contributed by atoms with Gasteiger partial charge in [0.05, 0.1) is 11.7 Å². The van der Waals surface area contributed by atoms with Crippen LogP contribution in [0.5, 0.6) is 0 Å². The van der Waals surface area contributed by atoms with E-state index in [4.69, 9.17) is 5.11 Å². The molecule has 0 fully saturated rings. The summed E-state index contributed by atoms with van der Waals surface area (Å²) in [6.07, 6.45) is 1.31. The van der Waals surface area contributed by atoms with Gasteiger partial charge in [-0.05, 0) is 6.92 Å². The molecule has 7 heavy (non-hydrogen) atoms. The van der Waals surface area contributed by atoms with Crippen LogP contribution in [0.15, 0.2) is 17.0 Å². The number of aliphatic hydroxyl groups excluding tert-OH is 1. The second-order valence-electron chi connectivity index (χ2n) is 1.04. The molecule has 0 aromatic heterocycles. The Morgan fingerprint density at radius 3 is 2.57 bits per heavy atom. The molecule has 0 radical (unpaired) electrons. The Hall–Kier alpha value is -0.440. The zero-order chi connectivity index (χ0) is 5.70. The lowest BCUT2D eigenvalue weighted by Gasteiger charge is -1.78. The first kappa shape index (κ1) is 6.56. The molecule has 0 aromatic rings. The lowest BCUT2D eigenvalue weighted by molar-refractivity contribution is 0.413. The van der Waals surface area contributed by atoms with Crippen LogP contribution >= 0.6 is 12.6 Å². The summed E-state index contributed by atoms with van der Waals surface area (Å²) in [5.74, 6) is 0.185. The van der Waals surface area contributed by atoms with Crippen molar-refractivity contribution >= 4 is 18.2 Å². The van der Waals surface area contributed by atoms with E-state index in [1.807, 2.05) is 0 Å². The summed E-state index contributed by atoms with van der Waals surface area (Å²) in [5.41, 5.74) is 1.31. The summed E-state index contributed by atoms with van der Waals surface area (Å²) >= 11 is 3.65. The first-order chi connectivity index (χ1) is 3.27. The molecule has 0 aliphatic heterocycles. The molecular formula is C4H7NOS. The Bertz CT molecular complexity index is 93.9. The van der Waals surface area contributed by atoms with Crippen molar-refractivity contribution in [1.29, 1.82) is 0 Å². The van der Waals surface area contributed by atoms with Crippen LogP contribution < -0.4 is 0 Å². The van der Waals surface area contributed by atoms with Crippen molar-refractivity contribution in [2.75, 3.05) is 0 Å². The molecule has 0 aliphatic rings. The van der Waals surface area contributed by atoms with Crippen molar-refractivity contribution in [1.82, 2.24) is 0 Å². The van der Waals surface area contributed by atoms with E-state index < -0.39 is 0 Å². The second kappa shape index (κ2) is 3.74. The van der Waals surface area contributed by atoms with Gasteiger partial charge in [0, 0.05) is 0 Å². The minimum absolute atomic E-state index is 0.185. The fourth-order valence-corrected chi connectivity index (χ4v) is 0.208. The maximum atomic E-state index is 8.40. The molecule has 2 nitrogen and oxygen atoms in total. The fraction of sp³-hybridized carbons (Fsp3) is 0.250. The van der Waals surface area contributed by atoms with E-state index in [-0.39, 0.29) is 5.76 Å². The van der Waals surface area contributed by atoms with E-state index in [0.29, 0.717) is 0 Å². The third kappa shape index (κ3) is 5.56. The van der Waals surface area contributed by atoms with Crippen molar-refractivity contribution < 1.29 is 5.11 Å². The average Bonchev–Trinajstić information content (AvgIpc) is 1.61. The Morgan fingerprint density at radius 2 is 2.43 bits per heavy atom. The van der Waals surface area contributed by atoms with Gasteiger partial charge in [0.15, 0.2) is 0 Å². The molecule has 0 saturated carbocycles. The Balaban J connectivity index is 3.46. The highest BCUT2D eigenvalue weighted by molar-refractivity contribution is 7.94. The van der Waals surface area contributed by atoms with E-state index in [2.05, 4.69) is 17.6 Å². The van der Waals surface area contributed by atoms with E-state index in [0.717, 1.165) is 0 Å². The summed E-state index contributed by atoms with van der Waals surface area (Å²) < 4.78 is 0. The lowest BCUT2D eigenvalue weighted by Crippen LogP contribution is -1.64. The quantitative estimate of drug-likeness (QED) is 0.231. The van der Waals surface area contributed by atoms with E-state index in [1.165, 1.54) is 11.7 Å².